The number of aliphatic hydroxyl groups is 1. The lowest BCUT2D eigenvalue weighted by atomic mass is 10.1. The summed E-state index contributed by atoms with van der Waals surface area (Å²) >= 11 is 1.04. The van der Waals surface area contributed by atoms with Gasteiger partial charge in [0.1, 0.15) is 12.4 Å². The largest absolute Gasteiger partial charge is 0.492 e. The summed E-state index contributed by atoms with van der Waals surface area (Å²) in [5.74, 6) is 0.510. The molecule has 8 heteroatoms. The summed E-state index contributed by atoms with van der Waals surface area (Å²) in [7, 11) is 0. The zero-order valence-electron chi connectivity index (χ0n) is 22.4. The Labute approximate surface area is 231 Å². The van der Waals surface area contributed by atoms with Crippen LogP contribution in [0.2, 0.25) is 0 Å². The maximum Gasteiger partial charge on any atom is 0.286 e. The molecule has 1 saturated heterocycles. The van der Waals surface area contributed by atoms with E-state index < -0.39 is 6.10 Å². The maximum atomic E-state index is 11.7. The maximum absolute atomic E-state index is 11.7. The molecule has 0 spiro atoms. The quantitative estimate of drug-likeness (QED) is 0.217. The zero-order valence-corrected chi connectivity index (χ0v) is 23.2. The Bertz CT molecular complexity index is 957. The van der Waals surface area contributed by atoms with Crippen molar-refractivity contribution in [1.82, 2.24) is 10.6 Å². The van der Waals surface area contributed by atoms with E-state index in [1.807, 2.05) is 31.2 Å². The highest BCUT2D eigenvalue weighted by atomic mass is 32.2. The molecule has 1 aliphatic rings. The third-order valence-corrected chi connectivity index (χ3v) is 7.45. The van der Waals surface area contributed by atoms with Gasteiger partial charge in [-0.05, 0) is 55.9 Å². The van der Waals surface area contributed by atoms with Gasteiger partial charge in [0.05, 0.1) is 18.0 Å². The van der Waals surface area contributed by atoms with Crippen molar-refractivity contribution in [2.75, 3.05) is 26.4 Å². The average molecular weight is 543 g/mol. The molecule has 0 aliphatic carbocycles. The summed E-state index contributed by atoms with van der Waals surface area (Å²) in [4.78, 5) is 23.0. The van der Waals surface area contributed by atoms with Gasteiger partial charge in [-0.25, -0.2) is 0 Å². The fourth-order valence-electron chi connectivity index (χ4n) is 4.24. The second-order valence-electron chi connectivity index (χ2n) is 9.94. The Hall–Kier alpha value is -2.39. The Balaban J connectivity index is 1.14. The van der Waals surface area contributed by atoms with Gasteiger partial charge < -0.3 is 19.9 Å². The molecule has 3 N–H and O–H groups in total. The number of ether oxygens (including phenoxy) is 2. The summed E-state index contributed by atoms with van der Waals surface area (Å²) in [6.07, 6.45) is 8.36. The number of nitrogens with one attached hydrogen (secondary N) is 2. The predicted octanol–water partition coefficient (Wildman–Crippen LogP) is 4.90. The van der Waals surface area contributed by atoms with E-state index in [0.29, 0.717) is 32.8 Å². The first-order valence-corrected chi connectivity index (χ1v) is 14.6. The van der Waals surface area contributed by atoms with E-state index in [0.717, 1.165) is 29.5 Å². The molecule has 1 aliphatic heterocycles. The first-order valence-electron chi connectivity index (χ1n) is 13.8. The summed E-state index contributed by atoms with van der Waals surface area (Å²) in [5, 5.41) is 15.1. The minimum atomic E-state index is -0.549. The van der Waals surface area contributed by atoms with Crippen LogP contribution in [0.25, 0.3) is 0 Å². The first kappa shape index (κ1) is 30.2. The van der Waals surface area contributed by atoms with Crippen LogP contribution in [0.3, 0.4) is 0 Å². The normalized spacial score (nSPS) is 16.8. The number of carbonyl (C=O) groups is 2. The van der Waals surface area contributed by atoms with Crippen molar-refractivity contribution in [3.05, 3.63) is 65.7 Å². The van der Waals surface area contributed by atoms with E-state index in [9.17, 15) is 14.7 Å². The minimum absolute atomic E-state index is 0.0656. The topological polar surface area (TPSA) is 96.9 Å². The van der Waals surface area contributed by atoms with Crippen LogP contribution < -0.4 is 15.4 Å². The van der Waals surface area contributed by atoms with Gasteiger partial charge in [-0.1, -0.05) is 79.9 Å². The van der Waals surface area contributed by atoms with Crippen LogP contribution in [0.15, 0.2) is 54.6 Å². The second-order valence-corrected chi connectivity index (χ2v) is 11.1. The number of benzene rings is 2. The molecule has 3 unspecified atom stereocenters. The van der Waals surface area contributed by atoms with E-state index in [1.54, 1.807) is 0 Å². The van der Waals surface area contributed by atoms with Crippen molar-refractivity contribution in [3.63, 3.8) is 0 Å². The number of aryl methyl sites for hydroxylation is 1. The fourth-order valence-corrected chi connectivity index (χ4v) is 5.10. The van der Waals surface area contributed by atoms with Gasteiger partial charge in [0.2, 0.25) is 5.91 Å². The SMILES string of the molecule is CC(COc1ccc(CC2SC(=O)NC2=O)cc1)NCC(O)COCCCCCCCCc1ccccc1. The van der Waals surface area contributed by atoms with Crippen molar-refractivity contribution in [2.45, 2.75) is 75.7 Å². The Morgan fingerprint density at radius 3 is 2.34 bits per heavy atom. The molecule has 2 amide bonds. The summed E-state index contributed by atoms with van der Waals surface area (Å²) in [6.45, 7) is 3.95. The first-order chi connectivity index (χ1) is 18.5. The predicted molar refractivity (Wildman–Crippen MR) is 153 cm³/mol. The number of rotatable bonds is 19. The van der Waals surface area contributed by atoms with E-state index in [-0.39, 0.29) is 22.4 Å². The number of imide groups is 1. The molecule has 1 fully saturated rings. The molecule has 2 aromatic carbocycles. The van der Waals surface area contributed by atoms with Gasteiger partial charge in [0, 0.05) is 19.2 Å². The molecule has 1 heterocycles. The Morgan fingerprint density at radius 1 is 0.921 bits per heavy atom. The van der Waals surface area contributed by atoms with Crippen molar-refractivity contribution in [2.24, 2.45) is 0 Å². The molecule has 208 valence electrons. The summed E-state index contributed by atoms with van der Waals surface area (Å²) in [6, 6.07) is 18.3. The monoisotopic (exact) mass is 542 g/mol. The number of hydrogen-bond donors (Lipinski definition) is 3. The molecule has 0 radical (unpaired) electrons. The Kier molecular flexibility index (Phi) is 13.7. The highest BCUT2D eigenvalue weighted by molar-refractivity contribution is 8.15. The van der Waals surface area contributed by atoms with E-state index in [4.69, 9.17) is 9.47 Å². The smallest absolute Gasteiger partial charge is 0.286 e. The number of aliphatic hydroxyl groups excluding tert-OH is 1. The van der Waals surface area contributed by atoms with Gasteiger partial charge in [0.15, 0.2) is 0 Å². The molecule has 7 nitrogen and oxygen atoms in total. The van der Waals surface area contributed by atoms with Crippen LogP contribution >= 0.6 is 11.8 Å². The molecule has 0 aromatic heterocycles. The van der Waals surface area contributed by atoms with Crippen LogP contribution in [0.1, 0.15) is 56.6 Å². The molecule has 2 aromatic rings. The second kappa shape index (κ2) is 17.2. The van der Waals surface area contributed by atoms with Crippen LogP contribution in [-0.2, 0) is 22.4 Å². The minimum Gasteiger partial charge on any atom is -0.492 e. The van der Waals surface area contributed by atoms with Gasteiger partial charge in [-0.2, -0.15) is 0 Å². The highest BCUT2D eigenvalue weighted by Gasteiger charge is 2.31. The lowest BCUT2D eigenvalue weighted by Gasteiger charge is -2.18. The lowest BCUT2D eigenvalue weighted by molar-refractivity contribution is -0.118. The van der Waals surface area contributed by atoms with E-state index in [2.05, 4.69) is 41.0 Å². The van der Waals surface area contributed by atoms with Gasteiger partial charge >= 0.3 is 0 Å². The summed E-state index contributed by atoms with van der Waals surface area (Å²) < 4.78 is 11.5. The van der Waals surface area contributed by atoms with E-state index in [1.165, 1.54) is 44.1 Å². The number of unbranched alkanes of at least 4 members (excludes halogenated alkanes) is 5. The number of hydrogen-bond acceptors (Lipinski definition) is 7. The molecule has 3 rings (SSSR count). The number of amides is 2. The zero-order chi connectivity index (χ0) is 27.0. The molecule has 0 saturated carbocycles. The van der Waals surface area contributed by atoms with E-state index >= 15 is 0 Å². The third-order valence-electron chi connectivity index (χ3n) is 6.47. The van der Waals surface area contributed by atoms with Crippen molar-refractivity contribution in [3.8, 4) is 5.75 Å². The lowest BCUT2D eigenvalue weighted by Crippen LogP contribution is -2.39. The third kappa shape index (κ3) is 12.0. The number of carbonyl (C=O) groups excluding carboxylic acids is 2. The fraction of sp³-hybridized carbons (Fsp3) is 0.533. The molecular weight excluding hydrogens is 500 g/mol. The van der Waals surface area contributed by atoms with Crippen LogP contribution in [0.4, 0.5) is 4.79 Å². The highest BCUT2D eigenvalue weighted by Crippen LogP contribution is 2.24. The van der Waals surface area contributed by atoms with Gasteiger partial charge in [-0.15, -0.1) is 0 Å². The van der Waals surface area contributed by atoms with Crippen molar-refractivity contribution < 1.29 is 24.2 Å². The Morgan fingerprint density at radius 2 is 1.63 bits per heavy atom. The average Bonchev–Trinajstić information content (AvgIpc) is 3.24. The molecule has 38 heavy (non-hydrogen) atoms. The molecule has 3 atom stereocenters. The van der Waals surface area contributed by atoms with Gasteiger partial charge in [-0.3, -0.25) is 14.9 Å². The standard InChI is InChI=1S/C30H42N2O5S/c1-23(21-37-27-16-14-25(15-17-27)19-28-29(34)32-30(35)38-28)31-20-26(33)22-36-18-10-5-3-2-4-7-11-24-12-8-6-9-13-24/h6,8-9,12-17,23,26,28,31,33H,2-5,7,10-11,18-22H2,1H3,(H,32,34,35). The van der Waals surface area contributed by atoms with Crippen molar-refractivity contribution >= 4 is 22.9 Å². The number of thioether (sulfide) groups is 1. The summed E-state index contributed by atoms with van der Waals surface area (Å²) in [5.41, 5.74) is 2.40. The molecular formula is C30H42N2O5S. The van der Waals surface area contributed by atoms with Gasteiger partial charge in [0.25, 0.3) is 5.24 Å². The van der Waals surface area contributed by atoms with Crippen LogP contribution in [0.5, 0.6) is 5.75 Å². The van der Waals surface area contributed by atoms with Crippen LogP contribution in [0, 0.1) is 0 Å². The molecule has 0 bridgehead atoms. The van der Waals surface area contributed by atoms with Crippen LogP contribution in [-0.4, -0.2) is 60.0 Å². The van der Waals surface area contributed by atoms with Crippen molar-refractivity contribution in [1.29, 1.82) is 0 Å².